The number of benzene rings is 1. The summed E-state index contributed by atoms with van der Waals surface area (Å²) in [7, 11) is 1.78. The highest BCUT2D eigenvalue weighted by atomic mass is 35.5. The molecule has 1 N–H and O–H groups in total. The molecule has 1 aromatic carbocycles. The van der Waals surface area contributed by atoms with Crippen molar-refractivity contribution in [3.63, 3.8) is 0 Å². The number of aliphatic imine (C=N–C) groups is 1. The van der Waals surface area contributed by atoms with Crippen molar-refractivity contribution in [1.82, 2.24) is 0 Å². The molecule has 3 heteroatoms. The summed E-state index contributed by atoms with van der Waals surface area (Å²) >= 11 is 0. The van der Waals surface area contributed by atoms with Crippen LogP contribution in [0.3, 0.4) is 0 Å². The van der Waals surface area contributed by atoms with Crippen molar-refractivity contribution in [3.05, 3.63) is 35.4 Å². The molecule has 0 saturated heterocycles. The summed E-state index contributed by atoms with van der Waals surface area (Å²) < 4.78 is 0. The van der Waals surface area contributed by atoms with E-state index in [2.05, 4.69) is 18.0 Å². The Bertz CT molecular complexity index is 408. The summed E-state index contributed by atoms with van der Waals surface area (Å²) in [5, 5.41) is 10.6. The fourth-order valence-corrected chi connectivity index (χ4v) is 2.61. The molecule has 1 fully saturated rings. The lowest BCUT2D eigenvalue weighted by atomic mass is 9.88. The summed E-state index contributed by atoms with van der Waals surface area (Å²) in [6, 6.07) is 8.14. The smallest absolute Gasteiger partial charge is 0.107 e. The molecule has 2 nitrogen and oxygen atoms in total. The maximum Gasteiger partial charge on any atom is 0.107 e. The minimum Gasteiger partial charge on any atom is -0.384 e. The first-order valence-corrected chi connectivity index (χ1v) is 5.93. The first-order chi connectivity index (χ1) is 7.67. The van der Waals surface area contributed by atoms with Crippen molar-refractivity contribution in [2.75, 3.05) is 7.05 Å². The van der Waals surface area contributed by atoms with Gasteiger partial charge in [0, 0.05) is 12.6 Å². The molecule has 0 unspecified atom stereocenters. The Balaban J connectivity index is 0.00000144. The van der Waals surface area contributed by atoms with Gasteiger partial charge >= 0.3 is 0 Å². The van der Waals surface area contributed by atoms with Crippen molar-refractivity contribution in [2.45, 2.75) is 38.2 Å². The van der Waals surface area contributed by atoms with Crippen LogP contribution in [0.25, 0.3) is 0 Å². The van der Waals surface area contributed by atoms with Gasteiger partial charge in [-0.2, -0.15) is 0 Å². The van der Waals surface area contributed by atoms with Crippen LogP contribution in [0.4, 0.5) is 0 Å². The Morgan fingerprint density at radius 2 is 1.82 bits per heavy atom. The second-order valence-electron chi connectivity index (χ2n) is 4.63. The molecular formula is C14H20ClNO. The molecule has 0 amide bonds. The molecule has 1 aromatic rings. The maximum atomic E-state index is 10.6. The Morgan fingerprint density at radius 3 is 2.35 bits per heavy atom. The third-order valence-corrected chi connectivity index (χ3v) is 3.50. The van der Waals surface area contributed by atoms with Gasteiger partial charge in [-0.1, -0.05) is 37.1 Å². The third kappa shape index (κ3) is 2.70. The highest BCUT2D eigenvalue weighted by Gasteiger charge is 2.37. The number of hydrogen-bond donors (Lipinski definition) is 1. The van der Waals surface area contributed by atoms with Crippen molar-refractivity contribution < 1.29 is 5.11 Å². The van der Waals surface area contributed by atoms with Crippen LogP contribution in [-0.2, 0) is 0 Å². The highest BCUT2D eigenvalue weighted by Crippen LogP contribution is 2.33. The van der Waals surface area contributed by atoms with E-state index in [0.717, 1.165) is 37.0 Å². The zero-order valence-corrected chi connectivity index (χ0v) is 11.3. The SMILES string of the molecule is C/N=C(\c1ccccc1C)C1(O)CCCC1.Cl. The van der Waals surface area contributed by atoms with Gasteiger partial charge in [0.2, 0.25) is 0 Å². The summed E-state index contributed by atoms with van der Waals surface area (Å²) in [6.07, 6.45) is 3.88. The average Bonchev–Trinajstić information content (AvgIpc) is 2.70. The summed E-state index contributed by atoms with van der Waals surface area (Å²) in [5.74, 6) is 0. The maximum absolute atomic E-state index is 10.6. The second-order valence-corrected chi connectivity index (χ2v) is 4.63. The molecule has 0 bridgehead atoms. The van der Waals surface area contributed by atoms with E-state index in [4.69, 9.17) is 0 Å². The fraction of sp³-hybridized carbons (Fsp3) is 0.500. The molecule has 94 valence electrons. The van der Waals surface area contributed by atoms with Gasteiger partial charge in [0.15, 0.2) is 0 Å². The summed E-state index contributed by atoms with van der Waals surface area (Å²) in [6.45, 7) is 2.07. The Morgan fingerprint density at radius 1 is 1.24 bits per heavy atom. The zero-order chi connectivity index (χ0) is 11.6. The van der Waals surface area contributed by atoms with Gasteiger partial charge in [-0.3, -0.25) is 4.99 Å². The van der Waals surface area contributed by atoms with Crippen LogP contribution in [0.1, 0.15) is 36.8 Å². The average molecular weight is 254 g/mol. The lowest BCUT2D eigenvalue weighted by molar-refractivity contribution is 0.121. The van der Waals surface area contributed by atoms with Crippen LogP contribution >= 0.6 is 12.4 Å². The number of hydrogen-bond acceptors (Lipinski definition) is 2. The topological polar surface area (TPSA) is 32.6 Å². The lowest BCUT2D eigenvalue weighted by Gasteiger charge is -2.25. The van der Waals surface area contributed by atoms with Crippen LogP contribution < -0.4 is 0 Å². The number of aliphatic hydroxyl groups is 1. The van der Waals surface area contributed by atoms with Crippen molar-refractivity contribution in [1.29, 1.82) is 0 Å². The van der Waals surface area contributed by atoms with E-state index < -0.39 is 5.60 Å². The van der Waals surface area contributed by atoms with E-state index in [-0.39, 0.29) is 12.4 Å². The van der Waals surface area contributed by atoms with Gasteiger partial charge in [-0.25, -0.2) is 0 Å². The molecule has 1 saturated carbocycles. The van der Waals surface area contributed by atoms with Crippen LogP contribution in [0, 0.1) is 6.92 Å². The number of aryl methyl sites for hydroxylation is 1. The standard InChI is InChI=1S/C14H19NO.ClH/c1-11-7-3-4-8-12(11)13(15-2)14(16)9-5-6-10-14;/h3-4,7-8,16H,5-6,9-10H2,1-2H3;1H/b15-13+;. The van der Waals surface area contributed by atoms with E-state index in [1.807, 2.05) is 18.2 Å². The number of nitrogens with zero attached hydrogens (tertiary/aromatic N) is 1. The monoisotopic (exact) mass is 253 g/mol. The Labute approximate surface area is 109 Å². The van der Waals surface area contributed by atoms with E-state index in [1.165, 1.54) is 5.56 Å². The van der Waals surface area contributed by atoms with Gasteiger partial charge in [0.05, 0.1) is 5.71 Å². The van der Waals surface area contributed by atoms with Crippen LogP contribution in [0.2, 0.25) is 0 Å². The fourth-order valence-electron chi connectivity index (χ4n) is 2.61. The zero-order valence-electron chi connectivity index (χ0n) is 10.4. The third-order valence-electron chi connectivity index (χ3n) is 3.50. The first-order valence-electron chi connectivity index (χ1n) is 5.93. The molecule has 0 heterocycles. The predicted molar refractivity (Wildman–Crippen MR) is 74.3 cm³/mol. The van der Waals surface area contributed by atoms with Gasteiger partial charge in [-0.05, 0) is 25.3 Å². The molecule has 2 rings (SSSR count). The molecule has 0 aliphatic heterocycles. The van der Waals surface area contributed by atoms with Crippen molar-refractivity contribution >= 4 is 18.1 Å². The highest BCUT2D eigenvalue weighted by molar-refractivity contribution is 6.07. The Kier molecular flexibility index (Phi) is 4.72. The number of rotatable bonds is 2. The molecule has 0 radical (unpaired) electrons. The van der Waals surface area contributed by atoms with Gasteiger partial charge in [0.25, 0.3) is 0 Å². The quantitative estimate of drug-likeness (QED) is 0.807. The van der Waals surface area contributed by atoms with Crippen LogP contribution in [0.5, 0.6) is 0 Å². The molecule has 1 aliphatic carbocycles. The van der Waals surface area contributed by atoms with E-state index in [0.29, 0.717) is 0 Å². The summed E-state index contributed by atoms with van der Waals surface area (Å²) in [4.78, 5) is 4.34. The summed E-state index contributed by atoms with van der Waals surface area (Å²) in [5.41, 5.74) is 2.45. The van der Waals surface area contributed by atoms with E-state index in [1.54, 1.807) is 7.05 Å². The lowest BCUT2D eigenvalue weighted by Crippen LogP contribution is -2.36. The molecule has 0 aromatic heterocycles. The van der Waals surface area contributed by atoms with Gasteiger partial charge < -0.3 is 5.11 Å². The molecule has 0 spiro atoms. The molecule has 1 aliphatic rings. The minimum atomic E-state index is -0.694. The van der Waals surface area contributed by atoms with Gasteiger partial charge in [-0.15, -0.1) is 12.4 Å². The Hall–Kier alpha value is -0.860. The normalized spacial score (nSPS) is 18.9. The van der Waals surface area contributed by atoms with Crippen molar-refractivity contribution in [3.8, 4) is 0 Å². The van der Waals surface area contributed by atoms with Gasteiger partial charge in [0.1, 0.15) is 5.60 Å². The van der Waals surface area contributed by atoms with E-state index in [9.17, 15) is 5.11 Å². The molecule has 17 heavy (non-hydrogen) atoms. The minimum absolute atomic E-state index is 0. The second kappa shape index (κ2) is 5.65. The van der Waals surface area contributed by atoms with Crippen LogP contribution in [-0.4, -0.2) is 23.5 Å². The molecular weight excluding hydrogens is 234 g/mol. The molecule has 0 atom stereocenters. The van der Waals surface area contributed by atoms with Crippen molar-refractivity contribution in [2.24, 2.45) is 4.99 Å². The number of halogens is 1. The first kappa shape index (κ1) is 14.2. The predicted octanol–water partition coefficient (Wildman–Crippen LogP) is 3.14. The van der Waals surface area contributed by atoms with Crippen LogP contribution in [0.15, 0.2) is 29.3 Å². The largest absolute Gasteiger partial charge is 0.384 e. The van der Waals surface area contributed by atoms with E-state index >= 15 is 0 Å².